The predicted molar refractivity (Wildman–Crippen MR) is 64.3 cm³/mol. The van der Waals surface area contributed by atoms with Crippen molar-refractivity contribution < 1.29 is 4.79 Å². The highest BCUT2D eigenvalue weighted by Crippen LogP contribution is 2.03. The van der Waals surface area contributed by atoms with Gasteiger partial charge in [-0.1, -0.05) is 5.57 Å². The number of carbonyl (C=O) groups is 1. The Kier molecular flexibility index (Phi) is 4.81. The van der Waals surface area contributed by atoms with Crippen LogP contribution in [0.15, 0.2) is 11.6 Å². The highest BCUT2D eigenvalue weighted by Gasteiger charge is 2.08. The molecular weight excluding hydrogens is 218 g/mol. The molecule has 1 amide bonds. The number of allylic oxidation sites excluding steroid dienone is 1. The maximum atomic E-state index is 11.4. The molecule has 17 heavy (non-hydrogen) atoms. The standard InChI is InChI=1S/C11H19N5O/c1-8(2)7-11(17)12-6-5-10-13-14-15-16(10)9(3)4/h7,9H,5-6H2,1-4H3,(H,12,17). The van der Waals surface area contributed by atoms with Crippen LogP contribution in [0.2, 0.25) is 0 Å². The second-order valence-electron chi connectivity index (χ2n) is 4.40. The van der Waals surface area contributed by atoms with Gasteiger partial charge >= 0.3 is 0 Å². The number of aromatic nitrogens is 4. The second kappa shape index (κ2) is 6.12. The molecule has 1 N–H and O–H groups in total. The number of nitrogens with one attached hydrogen (secondary N) is 1. The third-order valence-electron chi connectivity index (χ3n) is 2.12. The fourth-order valence-corrected chi connectivity index (χ4v) is 1.39. The minimum Gasteiger partial charge on any atom is -0.352 e. The number of amides is 1. The summed E-state index contributed by atoms with van der Waals surface area (Å²) < 4.78 is 1.76. The number of nitrogens with zero attached hydrogens (tertiary/aromatic N) is 4. The van der Waals surface area contributed by atoms with Crippen molar-refractivity contribution in [1.29, 1.82) is 0 Å². The number of carbonyl (C=O) groups excluding carboxylic acids is 1. The van der Waals surface area contributed by atoms with Gasteiger partial charge in [-0.2, -0.15) is 0 Å². The molecular formula is C11H19N5O. The van der Waals surface area contributed by atoms with Crippen LogP contribution in [0.5, 0.6) is 0 Å². The fraction of sp³-hybridized carbons (Fsp3) is 0.636. The molecule has 0 spiro atoms. The zero-order chi connectivity index (χ0) is 12.8. The Morgan fingerprint density at radius 2 is 2.18 bits per heavy atom. The van der Waals surface area contributed by atoms with Gasteiger partial charge in [-0.25, -0.2) is 4.68 Å². The van der Waals surface area contributed by atoms with E-state index in [-0.39, 0.29) is 11.9 Å². The van der Waals surface area contributed by atoms with Crippen molar-refractivity contribution in [2.75, 3.05) is 6.54 Å². The van der Waals surface area contributed by atoms with Crippen LogP contribution >= 0.6 is 0 Å². The van der Waals surface area contributed by atoms with E-state index in [0.29, 0.717) is 13.0 Å². The van der Waals surface area contributed by atoms with Crippen molar-refractivity contribution in [3.05, 3.63) is 17.5 Å². The maximum absolute atomic E-state index is 11.4. The molecule has 0 aromatic carbocycles. The third-order valence-corrected chi connectivity index (χ3v) is 2.12. The Hall–Kier alpha value is -1.72. The van der Waals surface area contributed by atoms with Crippen LogP contribution in [0, 0.1) is 0 Å². The van der Waals surface area contributed by atoms with Crippen molar-refractivity contribution in [2.45, 2.75) is 40.2 Å². The molecule has 94 valence electrons. The average Bonchev–Trinajstić information content (AvgIpc) is 2.64. The molecule has 1 heterocycles. The van der Waals surface area contributed by atoms with Gasteiger partial charge in [0.15, 0.2) is 5.82 Å². The van der Waals surface area contributed by atoms with E-state index in [9.17, 15) is 4.79 Å². The molecule has 1 aromatic heterocycles. The maximum Gasteiger partial charge on any atom is 0.243 e. The smallest absolute Gasteiger partial charge is 0.243 e. The van der Waals surface area contributed by atoms with E-state index >= 15 is 0 Å². The molecule has 0 radical (unpaired) electrons. The highest BCUT2D eigenvalue weighted by molar-refractivity contribution is 5.87. The summed E-state index contributed by atoms with van der Waals surface area (Å²) >= 11 is 0. The Labute approximate surface area is 101 Å². The summed E-state index contributed by atoms with van der Waals surface area (Å²) in [6, 6.07) is 0.230. The number of rotatable bonds is 5. The fourth-order valence-electron chi connectivity index (χ4n) is 1.39. The van der Waals surface area contributed by atoms with Crippen molar-refractivity contribution >= 4 is 5.91 Å². The zero-order valence-electron chi connectivity index (χ0n) is 10.8. The third kappa shape index (κ3) is 4.34. The van der Waals surface area contributed by atoms with Crippen LogP contribution < -0.4 is 5.32 Å². The van der Waals surface area contributed by atoms with E-state index in [1.807, 2.05) is 27.7 Å². The van der Waals surface area contributed by atoms with E-state index in [1.165, 1.54) is 0 Å². The van der Waals surface area contributed by atoms with Gasteiger partial charge in [-0.15, -0.1) is 5.10 Å². The van der Waals surface area contributed by atoms with E-state index in [0.717, 1.165) is 11.4 Å². The molecule has 0 aliphatic carbocycles. The van der Waals surface area contributed by atoms with E-state index in [1.54, 1.807) is 10.8 Å². The molecule has 0 aliphatic heterocycles. The minimum absolute atomic E-state index is 0.0754. The van der Waals surface area contributed by atoms with Crippen molar-refractivity contribution in [2.24, 2.45) is 0 Å². The number of tetrazole rings is 1. The Balaban J connectivity index is 2.43. The normalized spacial score (nSPS) is 10.4. The van der Waals surface area contributed by atoms with Crippen LogP contribution in [-0.4, -0.2) is 32.7 Å². The minimum atomic E-state index is -0.0754. The summed E-state index contributed by atoms with van der Waals surface area (Å²) in [5, 5.41) is 14.2. The molecule has 0 fully saturated rings. The lowest BCUT2D eigenvalue weighted by Gasteiger charge is -2.07. The summed E-state index contributed by atoms with van der Waals surface area (Å²) in [4.78, 5) is 11.4. The predicted octanol–water partition coefficient (Wildman–Crippen LogP) is 0.879. The van der Waals surface area contributed by atoms with Crippen molar-refractivity contribution in [1.82, 2.24) is 25.5 Å². The van der Waals surface area contributed by atoms with Gasteiger partial charge in [0.2, 0.25) is 5.91 Å². The largest absolute Gasteiger partial charge is 0.352 e. The molecule has 0 saturated heterocycles. The lowest BCUT2D eigenvalue weighted by molar-refractivity contribution is -0.116. The van der Waals surface area contributed by atoms with Crippen molar-refractivity contribution in [3.8, 4) is 0 Å². The lowest BCUT2D eigenvalue weighted by atomic mass is 10.3. The van der Waals surface area contributed by atoms with E-state index in [4.69, 9.17) is 0 Å². The highest BCUT2D eigenvalue weighted by atomic mass is 16.1. The summed E-state index contributed by atoms with van der Waals surface area (Å²) in [6.07, 6.45) is 2.21. The first-order chi connectivity index (χ1) is 8.00. The van der Waals surface area contributed by atoms with Crippen LogP contribution in [0.25, 0.3) is 0 Å². The van der Waals surface area contributed by atoms with Crippen LogP contribution in [0.4, 0.5) is 0 Å². The SMILES string of the molecule is CC(C)=CC(=O)NCCc1nnnn1C(C)C. The topological polar surface area (TPSA) is 72.7 Å². The first-order valence-corrected chi connectivity index (χ1v) is 5.70. The summed E-state index contributed by atoms with van der Waals surface area (Å²) in [5.41, 5.74) is 0.981. The number of hydrogen-bond donors (Lipinski definition) is 1. The summed E-state index contributed by atoms with van der Waals surface area (Å²) in [6.45, 7) is 8.34. The quantitative estimate of drug-likeness (QED) is 0.771. The Bertz CT molecular complexity index is 404. The first-order valence-electron chi connectivity index (χ1n) is 5.70. The molecule has 1 aromatic rings. The van der Waals surface area contributed by atoms with E-state index in [2.05, 4.69) is 20.8 Å². The molecule has 0 bridgehead atoms. The molecule has 1 rings (SSSR count). The van der Waals surface area contributed by atoms with Crippen LogP contribution in [0.1, 0.15) is 39.6 Å². The van der Waals surface area contributed by atoms with Crippen molar-refractivity contribution in [3.63, 3.8) is 0 Å². The molecule has 6 nitrogen and oxygen atoms in total. The van der Waals surface area contributed by atoms with Gasteiger partial charge in [0, 0.05) is 19.0 Å². The van der Waals surface area contributed by atoms with Gasteiger partial charge in [0.1, 0.15) is 0 Å². The van der Waals surface area contributed by atoms with Crippen LogP contribution in [0.3, 0.4) is 0 Å². The molecule has 0 aliphatic rings. The van der Waals surface area contributed by atoms with Gasteiger partial charge in [0.25, 0.3) is 0 Å². The van der Waals surface area contributed by atoms with Gasteiger partial charge in [0.05, 0.1) is 6.04 Å². The Morgan fingerprint density at radius 1 is 1.47 bits per heavy atom. The second-order valence-corrected chi connectivity index (χ2v) is 4.40. The monoisotopic (exact) mass is 237 g/mol. The van der Waals surface area contributed by atoms with Gasteiger partial charge in [-0.05, 0) is 38.1 Å². The van der Waals surface area contributed by atoms with Gasteiger partial charge in [-0.3, -0.25) is 4.79 Å². The Morgan fingerprint density at radius 3 is 2.76 bits per heavy atom. The summed E-state index contributed by atoms with van der Waals surface area (Å²) in [5.74, 6) is 0.714. The molecule has 0 saturated carbocycles. The van der Waals surface area contributed by atoms with Gasteiger partial charge < -0.3 is 5.32 Å². The average molecular weight is 237 g/mol. The first kappa shape index (κ1) is 13.3. The molecule has 0 unspecified atom stereocenters. The number of hydrogen-bond acceptors (Lipinski definition) is 4. The molecule has 6 heteroatoms. The lowest BCUT2D eigenvalue weighted by Crippen LogP contribution is -2.25. The van der Waals surface area contributed by atoms with Crippen LogP contribution in [-0.2, 0) is 11.2 Å². The zero-order valence-corrected chi connectivity index (χ0v) is 10.8. The van der Waals surface area contributed by atoms with E-state index < -0.39 is 0 Å². The molecule has 0 atom stereocenters. The summed E-state index contributed by atoms with van der Waals surface area (Å²) in [7, 11) is 0.